The average Bonchev–Trinajstić information content (AvgIpc) is 2.49. The first-order chi connectivity index (χ1) is 9.76. The van der Waals surface area contributed by atoms with Gasteiger partial charge in [-0.05, 0) is 56.4 Å². The molecule has 0 fully saturated rings. The van der Waals surface area contributed by atoms with E-state index >= 15 is 0 Å². The van der Waals surface area contributed by atoms with E-state index in [0.717, 1.165) is 22.8 Å². The summed E-state index contributed by atoms with van der Waals surface area (Å²) in [4.78, 5) is 5.88. The van der Waals surface area contributed by atoms with Crippen molar-refractivity contribution in [3.05, 3.63) is 52.7 Å². The van der Waals surface area contributed by atoms with Crippen LogP contribution in [0.15, 0.2) is 40.3 Å². The van der Waals surface area contributed by atoms with Gasteiger partial charge >= 0.3 is 0 Å². The van der Waals surface area contributed by atoms with Gasteiger partial charge in [0.15, 0.2) is 0 Å². The topological polar surface area (TPSA) is 36.7 Å². The number of pyridine rings is 1. The molecule has 3 rings (SSSR count). The fraction of sp³-hybridized carbons (Fsp3) is 0.294. The van der Waals surface area contributed by atoms with Crippen LogP contribution in [0, 0.1) is 18.3 Å². The smallest absolute Gasteiger partial charge is 0.119 e. The van der Waals surface area contributed by atoms with E-state index in [1.807, 2.05) is 6.07 Å². The van der Waals surface area contributed by atoms with Crippen molar-refractivity contribution in [1.82, 2.24) is 4.98 Å². The third-order valence-electron chi connectivity index (χ3n) is 3.62. The Labute approximate surface area is 123 Å². The summed E-state index contributed by atoms with van der Waals surface area (Å²) in [7, 11) is 0. The molecule has 2 aromatic rings. The molecule has 0 N–H and O–H groups in total. The van der Waals surface area contributed by atoms with E-state index in [2.05, 4.69) is 37.3 Å². The number of nitrogens with zero attached hydrogens (tertiary/aromatic N) is 2. The highest BCUT2D eigenvalue weighted by atomic mass is 32.2. The molecular formula is C17H16N2S. The van der Waals surface area contributed by atoms with Crippen LogP contribution in [0.2, 0.25) is 0 Å². The second-order valence-corrected chi connectivity index (χ2v) is 6.24. The van der Waals surface area contributed by atoms with Crippen LogP contribution in [0.25, 0.3) is 0 Å². The van der Waals surface area contributed by atoms with Crippen molar-refractivity contribution in [1.29, 1.82) is 5.26 Å². The second-order valence-electron chi connectivity index (χ2n) is 5.18. The lowest BCUT2D eigenvalue weighted by molar-refractivity contribution is 0.660. The van der Waals surface area contributed by atoms with Crippen LogP contribution in [0.3, 0.4) is 0 Å². The molecule has 3 heteroatoms. The van der Waals surface area contributed by atoms with Crippen molar-refractivity contribution in [2.75, 3.05) is 0 Å². The monoisotopic (exact) mass is 280 g/mol. The highest BCUT2D eigenvalue weighted by molar-refractivity contribution is 7.99. The Morgan fingerprint density at radius 3 is 2.65 bits per heavy atom. The number of hydrogen-bond acceptors (Lipinski definition) is 3. The molecule has 2 nitrogen and oxygen atoms in total. The van der Waals surface area contributed by atoms with E-state index in [-0.39, 0.29) is 0 Å². The van der Waals surface area contributed by atoms with Gasteiger partial charge in [0.1, 0.15) is 11.1 Å². The van der Waals surface area contributed by atoms with E-state index in [4.69, 9.17) is 4.98 Å². The number of aryl methyl sites for hydroxylation is 3. The van der Waals surface area contributed by atoms with Crippen LogP contribution in [0.5, 0.6) is 0 Å². The minimum Gasteiger partial charge on any atom is -0.244 e. The van der Waals surface area contributed by atoms with E-state index in [1.54, 1.807) is 11.8 Å². The second kappa shape index (κ2) is 5.68. The van der Waals surface area contributed by atoms with Crippen molar-refractivity contribution in [2.45, 2.75) is 42.5 Å². The third-order valence-corrected chi connectivity index (χ3v) is 4.63. The number of nitriles is 1. The first kappa shape index (κ1) is 13.2. The molecule has 0 spiro atoms. The van der Waals surface area contributed by atoms with Gasteiger partial charge in [-0.15, -0.1) is 0 Å². The Balaban J connectivity index is 1.96. The zero-order valence-electron chi connectivity index (χ0n) is 11.5. The van der Waals surface area contributed by atoms with E-state index in [1.165, 1.54) is 29.7 Å². The molecule has 1 aromatic heterocycles. The van der Waals surface area contributed by atoms with Gasteiger partial charge in [0, 0.05) is 10.6 Å². The summed E-state index contributed by atoms with van der Waals surface area (Å²) < 4.78 is 0. The summed E-state index contributed by atoms with van der Waals surface area (Å²) in [6, 6.07) is 12.7. The van der Waals surface area contributed by atoms with Gasteiger partial charge in [0.25, 0.3) is 0 Å². The lowest BCUT2D eigenvalue weighted by Crippen LogP contribution is -2.07. The van der Waals surface area contributed by atoms with Crippen molar-refractivity contribution in [3.63, 3.8) is 0 Å². The van der Waals surface area contributed by atoms with Crippen molar-refractivity contribution >= 4 is 11.8 Å². The standard InChI is InChI=1S/C17H16N2S/c1-12-6-8-15(9-7-12)20-17-14(11-18)10-13-4-2-3-5-16(13)19-17/h6-10H,2-5H2,1H3. The number of fused-ring (bicyclic) bond motifs is 1. The van der Waals surface area contributed by atoms with Gasteiger partial charge in [-0.3, -0.25) is 0 Å². The van der Waals surface area contributed by atoms with Crippen LogP contribution in [-0.4, -0.2) is 4.98 Å². The maximum absolute atomic E-state index is 9.34. The first-order valence-corrected chi connectivity index (χ1v) is 7.75. The van der Waals surface area contributed by atoms with Gasteiger partial charge in [0.05, 0.1) is 5.56 Å². The zero-order valence-corrected chi connectivity index (χ0v) is 12.3. The highest BCUT2D eigenvalue weighted by Crippen LogP contribution is 2.32. The number of aromatic nitrogens is 1. The zero-order chi connectivity index (χ0) is 13.9. The van der Waals surface area contributed by atoms with E-state index in [9.17, 15) is 5.26 Å². The molecule has 0 saturated heterocycles. The van der Waals surface area contributed by atoms with Gasteiger partial charge in [-0.25, -0.2) is 4.98 Å². The lowest BCUT2D eigenvalue weighted by Gasteiger charge is -2.16. The van der Waals surface area contributed by atoms with E-state index in [0.29, 0.717) is 5.56 Å². The Hall–Kier alpha value is -1.79. The van der Waals surface area contributed by atoms with Crippen molar-refractivity contribution in [3.8, 4) is 6.07 Å². The van der Waals surface area contributed by atoms with Crippen LogP contribution in [-0.2, 0) is 12.8 Å². The quantitative estimate of drug-likeness (QED) is 0.823. The maximum Gasteiger partial charge on any atom is 0.119 e. The number of benzene rings is 1. The van der Waals surface area contributed by atoms with Crippen molar-refractivity contribution in [2.24, 2.45) is 0 Å². The van der Waals surface area contributed by atoms with Gasteiger partial charge in [0.2, 0.25) is 0 Å². The molecule has 0 amide bonds. The molecule has 0 aliphatic heterocycles. The highest BCUT2D eigenvalue weighted by Gasteiger charge is 2.15. The van der Waals surface area contributed by atoms with Crippen molar-refractivity contribution < 1.29 is 0 Å². The normalized spacial score (nSPS) is 13.6. The summed E-state index contributed by atoms with van der Waals surface area (Å²) in [5, 5.41) is 10.2. The largest absolute Gasteiger partial charge is 0.244 e. The molecule has 0 saturated carbocycles. The van der Waals surface area contributed by atoms with Crippen LogP contribution in [0.1, 0.15) is 35.2 Å². The molecule has 0 unspecified atom stereocenters. The predicted molar refractivity (Wildman–Crippen MR) is 80.9 cm³/mol. The SMILES string of the molecule is Cc1ccc(Sc2nc3c(cc2C#N)CCCC3)cc1. The van der Waals surface area contributed by atoms with Crippen LogP contribution >= 0.6 is 11.8 Å². The Morgan fingerprint density at radius 2 is 1.90 bits per heavy atom. The molecule has 1 aliphatic rings. The molecule has 20 heavy (non-hydrogen) atoms. The van der Waals surface area contributed by atoms with Crippen LogP contribution < -0.4 is 0 Å². The van der Waals surface area contributed by atoms with Gasteiger partial charge < -0.3 is 0 Å². The maximum atomic E-state index is 9.34. The third kappa shape index (κ3) is 2.71. The number of rotatable bonds is 2. The molecular weight excluding hydrogens is 264 g/mol. The fourth-order valence-corrected chi connectivity index (χ4v) is 3.36. The minimum absolute atomic E-state index is 0.705. The van der Waals surface area contributed by atoms with Gasteiger partial charge in [-0.1, -0.05) is 29.5 Å². The molecule has 0 bridgehead atoms. The summed E-state index contributed by atoms with van der Waals surface area (Å²) >= 11 is 1.59. The molecule has 0 atom stereocenters. The van der Waals surface area contributed by atoms with Crippen LogP contribution in [0.4, 0.5) is 0 Å². The summed E-state index contributed by atoms with van der Waals surface area (Å²) in [5.41, 5.74) is 4.40. The summed E-state index contributed by atoms with van der Waals surface area (Å²) in [6.07, 6.45) is 4.53. The fourth-order valence-electron chi connectivity index (χ4n) is 2.49. The van der Waals surface area contributed by atoms with Gasteiger partial charge in [-0.2, -0.15) is 5.26 Å². The van der Waals surface area contributed by atoms with E-state index < -0.39 is 0 Å². The first-order valence-electron chi connectivity index (χ1n) is 6.93. The number of hydrogen-bond donors (Lipinski definition) is 0. The molecule has 1 aliphatic carbocycles. The molecule has 100 valence electrons. The summed E-state index contributed by atoms with van der Waals surface area (Å²) in [5.74, 6) is 0. The summed E-state index contributed by atoms with van der Waals surface area (Å²) in [6.45, 7) is 2.08. The average molecular weight is 280 g/mol. The minimum atomic E-state index is 0.705. The Kier molecular flexibility index (Phi) is 3.75. The lowest BCUT2D eigenvalue weighted by atomic mass is 9.95. The molecule has 1 aromatic carbocycles. The molecule has 1 heterocycles. The Bertz CT molecular complexity index is 669. The predicted octanol–water partition coefficient (Wildman–Crippen LogP) is 4.29. The Morgan fingerprint density at radius 1 is 1.15 bits per heavy atom. The molecule has 0 radical (unpaired) electrons.